The van der Waals surface area contributed by atoms with E-state index in [0.717, 1.165) is 6.08 Å². The number of aliphatic hydroxyl groups is 1. The Morgan fingerprint density at radius 1 is 1.33 bits per heavy atom. The van der Waals surface area contributed by atoms with E-state index in [2.05, 4.69) is 31.1 Å². The molecule has 1 atom stereocenters. The molecule has 0 bridgehead atoms. The summed E-state index contributed by atoms with van der Waals surface area (Å²) in [7, 11) is 0. The molecule has 0 amide bonds. The molecule has 0 aliphatic heterocycles. The second-order valence-corrected chi connectivity index (χ2v) is 3.38. The summed E-state index contributed by atoms with van der Waals surface area (Å²) in [5.74, 6) is -1.65. The van der Waals surface area contributed by atoms with Crippen LogP contribution in [0.15, 0.2) is 49.1 Å². The van der Waals surface area contributed by atoms with E-state index < -0.39 is 18.2 Å². The molecule has 5 nitrogen and oxygen atoms in total. The van der Waals surface area contributed by atoms with E-state index in [1.54, 1.807) is 0 Å². The van der Waals surface area contributed by atoms with Crippen LogP contribution in [0, 0.1) is 0 Å². The predicted molar refractivity (Wildman–Crippen MR) is 68.9 cm³/mol. The molecule has 0 aromatic carbocycles. The van der Waals surface area contributed by atoms with Crippen molar-refractivity contribution >= 4 is 23.5 Å². The molecule has 0 saturated heterocycles. The maximum atomic E-state index is 10.7. The van der Waals surface area contributed by atoms with Crippen molar-refractivity contribution in [1.29, 1.82) is 0 Å². The molecular weight excluding hydrogens is 260 g/mol. The predicted octanol–water partition coefficient (Wildman–Crippen LogP) is 1.99. The molecule has 1 unspecified atom stereocenters. The van der Waals surface area contributed by atoms with Gasteiger partial charge in [0.25, 0.3) is 0 Å². The molecule has 0 spiro atoms. The first kappa shape index (κ1) is 18.5. The minimum Gasteiger partial charge on any atom is -0.481 e. The molecule has 0 heterocycles. The lowest BCUT2D eigenvalue weighted by atomic mass is 10.3. The summed E-state index contributed by atoms with van der Waals surface area (Å²) in [4.78, 5) is 20.4. The average Bonchev–Trinajstić information content (AvgIpc) is 2.26. The number of esters is 1. The number of hydrogen-bond donors (Lipinski definition) is 2. The Morgan fingerprint density at radius 3 is 2.06 bits per heavy atom. The number of carboxylic acids is 1. The lowest BCUT2D eigenvalue weighted by Gasteiger charge is -2.06. The van der Waals surface area contributed by atoms with Crippen LogP contribution in [-0.4, -0.2) is 28.4 Å². The van der Waals surface area contributed by atoms with Crippen LogP contribution in [0.2, 0.25) is 0 Å². The van der Waals surface area contributed by atoms with Gasteiger partial charge in [-0.3, -0.25) is 4.79 Å². The van der Waals surface area contributed by atoms with Crippen LogP contribution in [-0.2, 0) is 14.3 Å². The van der Waals surface area contributed by atoms with Crippen LogP contribution in [0.3, 0.4) is 0 Å². The van der Waals surface area contributed by atoms with Gasteiger partial charge in [-0.25, -0.2) is 4.79 Å². The zero-order valence-electron chi connectivity index (χ0n) is 9.76. The minimum atomic E-state index is -1.28. The Balaban J connectivity index is 0. The fourth-order valence-electron chi connectivity index (χ4n) is 0.481. The van der Waals surface area contributed by atoms with Crippen molar-refractivity contribution in [2.75, 3.05) is 0 Å². The second kappa shape index (κ2) is 10.3. The van der Waals surface area contributed by atoms with Gasteiger partial charge >= 0.3 is 11.9 Å². The summed E-state index contributed by atoms with van der Waals surface area (Å²) < 4.78 is 4.38. The number of halogens is 1. The quantitative estimate of drug-likeness (QED) is 0.254. The van der Waals surface area contributed by atoms with Gasteiger partial charge in [-0.15, -0.1) is 0 Å². The maximum Gasteiger partial charge on any atom is 0.340 e. The molecule has 0 aliphatic rings. The number of carbonyl (C=O) groups excluding carboxylic acids is 1. The van der Waals surface area contributed by atoms with Crippen LogP contribution in [0.4, 0.5) is 0 Å². The van der Waals surface area contributed by atoms with Crippen LogP contribution in [0.5, 0.6) is 0 Å². The van der Waals surface area contributed by atoms with Gasteiger partial charge in [-0.2, -0.15) is 0 Å². The third-order valence-corrected chi connectivity index (χ3v) is 1.41. The Bertz CT molecular complexity index is 347. The lowest BCUT2D eigenvalue weighted by Crippen LogP contribution is -2.15. The Morgan fingerprint density at radius 2 is 1.83 bits per heavy atom. The Labute approximate surface area is 110 Å². The highest BCUT2D eigenvalue weighted by Gasteiger charge is 2.08. The van der Waals surface area contributed by atoms with E-state index in [-0.39, 0.29) is 17.0 Å². The van der Waals surface area contributed by atoms with Crippen LogP contribution < -0.4 is 0 Å². The van der Waals surface area contributed by atoms with Crippen molar-refractivity contribution in [2.45, 2.75) is 12.7 Å². The summed E-state index contributed by atoms with van der Waals surface area (Å²) in [6, 6.07) is 0. The smallest absolute Gasteiger partial charge is 0.340 e. The molecule has 0 rings (SSSR count). The number of hydrogen-bond acceptors (Lipinski definition) is 4. The molecule has 100 valence electrons. The van der Waals surface area contributed by atoms with Crippen molar-refractivity contribution < 1.29 is 24.5 Å². The molecule has 2 N–H and O–H groups in total. The van der Waals surface area contributed by atoms with Crippen molar-refractivity contribution in [3.8, 4) is 0 Å². The van der Waals surface area contributed by atoms with Gasteiger partial charge in [-0.1, -0.05) is 44.0 Å². The minimum absolute atomic E-state index is 0.103. The largest absolute Gasteiger partial charge is 0.481 e. The first-order valence-electron chi connectivity index (χ1n) is 4.62. The molecule has 0 saturated carbocycles. The first-order valence-corrected chi connectivity index (χ1v) is 5.00. The number of aliphatic hydroxyl groups excluding tert-OH is 1. The first-order chi connectivity index (χ1) is 8.24. The fraction of sp³-hybridized carbons (Fsp3) is 0.167. The molecule has 6 heteroatoms. The van der Waals surface area contributed by atoms with Crippen molar-refractivity contribution in [3.05, 3.63) is 49.1 Å². The van der Waals surface area contributed by atoms with Crippen molar-refractivity contribution in [1.82, 2.24) is 0 Å². The van der Waals surface area contributed by atoms with E-state index in [9.17, 15) is 9.59 Å². The standard InChI is InChI=1S/C8H10O3.C4H5ClO2/c1-4-6(3)8(10)11-7(9)5-2;1-3(5)2-4(6)7/h4-5,7,9H,1-3H2;1-2H2,(H,6,7). The second-order valence-electron chi connectivity index (χ2n) is 2.85. The monoisotopic (exact) mass is 274 g/mol. The van der Waals surface area contributed by atoms with Gasteiger partial charge in [0.1, 0.15) is 0 Å². The fourth-order valence-corrected chi connectivity index (χ4v) is 0.595. The summed E-state index contributed by atoms with van der Waals surface area (Å²) in [6.45, 7) is 13.0. The highest BCUT2D eigenvalue weighted by molar-refractivity contribution is 6.30. The van der Waals surface area contributed by atoms with Crippen LogP contribution in [0.25, 0.3) is 0 Å². The number of carboxylic acid groups (broad SMARTS) is 1. The maximum absolute atomic E-state index is 10.7. The molecule has 18 heavy (non-hydrogen) atoms. The topological polar surface area (TPSA) is 83.8 Å². The summed E-state index contributed by atoms with van der Waals surface area (Å²) in [6.07, 6.45) is 0.910. The van der Waals surface area contributed by atoms with E-state index in [1.165, 1.54) is 6.08 Å². The van der Waals surface area contributed by atoms with Gasteiger partial charge in [0.2, 0.25) is 6.29 Å². The lowest BCUT2D eigenvalue weighted by molar-refractivity contribution is -0.155. The molecule has 0 fully saturated rings. The highest BCUT2D eigenvalue weighted by Crippen LogP contribution is 2.00. The van der Waals surface area contributed by atoms with E-state index in [1.807, 2.05) is 0 Å². The Kier molecular flexibility index (Phi) is 10.6. The zero-order valence-corrected chi connectivity index (χ0v) is 10.5. The number of ether oxygens (including phenoxy) is 1. The summed E-state index contributed by atoms with van der Waals surface area (Å²) in [5.41, 5.74) is 0.103. The van der Waals surface area contributed by atoms with E-state index in [4.69, 9.17) is 21.8 Å². The molecule has 0 aromatic rings. The average molecular weight is 275 g/mol. The Hall–Kier alpha value is -1.85. The van der Waals surface area contributed by atoms with Crippen molar-refractivity contribution in [2.24, 2.45) is 0 Å². The zero-order chi connectivity index (χ0) is 14.7. The summed E-state index contributed by atoms with van der Waals surface area (Å²) >= 11 is 5.10. The third kappa shape index (κ3) is 12.2. The van der Waals surface area contributed by atoms with Gasteiger partial charge in [-0.05, 0) is 6.08 Å². The van der Waals surface area contributed by atoms with E-state index in [0.29, 0.717) is 0 Å². The normalized spacial score (nSPS) is 10.1. The van der Waals surface area contributed by atoms with Crippen LogP contribution in [0.1, 0.15) is 6.42 Å². The highest BCUT2D eigenvalue weighted by atomic mass is 35.5. The van der Waals surface area contributed by atoms with E-state index >= 15 is 0 Å². The van der Waals surface area contributed by atoms with Gasteiger partial charge < -0.3 is 14.9 Å². The number of aliphatic carboxylic acids is 1. The summed E-state index contributed by atoms with van der Waals surface area (Å²) in [5, 5.41) is 16.8. The molecule has 0 radical (unpaired) electrons. The van der Waals surface area contributed by atoms with Gasteiger partial charge in [0.15, 0.2) is 0 Å². The molecule has 0 aliphatic carbocycles. The van der Waals surface area contributed by atoms with Gasteiger partial charge in [0, 0.05) is 5.03 Å². The van der Waals surface area contributed by atoms with Crippen LogP contribution >= 0.6 is 11.6 Å². The molecular formula is C12H15ClO5. The molecule has 0 aromatic heterocycles. The number of carbonyl (C=O) groups is 2. The number of rotatable bonds is 6. The SMILES string of the molecule is C=C(Cl)CC(=O)O.C=CC(=C)C(=O)OC(O)C=C. The third-order valence-electron chi connectivity index (χ3n) is 1.28. The van der Waals surface area contributed by atoms with Gasteiger partial charge in [0.05, 0.1) is 12.0 Å². The van der Waals surface area contributed by atoms with Crippen molar-refractivity contribution in [3.63, 3.8) is 0 Å².